The van der Waals surface area contributed by atoms with Crippen LogP contribution in [0.1, 0.15) is 31.2 Å². The van der Waals surface area contributed by atoms with E-state index in [0.717, 1.165) is 11.9 Å². The van der Waals surface area contributed by atoms with Gasteiger partial charge in [0.15, 0.2) is 0 Å². The van der Waals surface area contributed by atoms with Crippen LogP contribution in [0, 0.1) is 6.92 Å². The fraction of sp³-hybridized carbons (Fsp3) is 0.643. The molecule has 1 aromatic heterocycles. The zero-order valence-electron chi connectivity index (χ0n) is 10.5. The van der Waals surface area contributed by atoms with Crippen molar-refractivity contribution >= 4 is 5.82 Å². The molecule has 0 aromatic carbocycles. The SMILES string of the molecule is Cc1ccc(NC2CCN3CCCCC23)nc1. The summed E-state index contributed by atoms with van der Waals surface area (Å²) < 4.78 is 0. The first-order valence-corrected chi connectivity index (χ1v) is 6.76. The van der Waals surface area contributed by atoms with Crippen LogP contribution in [0.15, 0.2) is 18.3 Å². The van der Waals surface area contributed by atoms with E-state index in [1.54, 1.807) is 0 Å². The van der Waals surface area contributed by atoms with E-state index in [2.05, 4.69) is 34.3 Å². The number of nitrogens with one attached hydrogen (secondary N) is 1. The monoisotopic (exact) mass is 231 g/mol. The Labute approximate surface area is 103 Å². The van der Waals surface area contributed by atoms with Crippen LogP contribution < -0.4 is 5.32 Å². The normalized spacial score (nSPS) is 29.0. The van der Waals surface area contributed by atoms with Gasteiger partial charge in [0.05, 0.1) is 0 Å². The Morgan fingerprint density at radius 1 is 1.24 bits per heavy atom. The molecule has 0 amide bonds. The van der Waals surface area contributed by atoms with Gasteiger partial charge in [-0.25, -0.2) is 4.98 Å². The highest BCUT2D eigenvalue weighted by Crippen LogP contribution is 2.28. The van der Waals surface area contributed by atoms with Gasteiger partial charge in [0, 0.05) is 24.8 Å². The highest BCUT2D eigenvalue weighted by molar-refractivity contribution is 5.37. The van der Waals surface area contributed by atoms with Crippen LogP contribution in [0.3, 0.4) is 0 Å². The summed E-state index contributed by atoms with van der Waals surface area (Å²) in [6.07, 6.45) is 7.33. The third kappa shape index (κ3) is 2.29. The number of fused-ring (bicyclic) bond motifs is 1. The van der Waals surface area contributed by atoms with Crippen LogP contribution in [-0.2, 0) is 0 Å². The third-order valence-corrected chi connectivity index (χ3v) is 4.10. The van der Waals surface area contributed by atoms with E-state index in [1.165, 1.54) is 44.3 Å². The molecule has 3 nitrogen and oxygen atoms in total. The first-order valence-electron chi connectivity index (χ1n) is 6.76. The first-order chi connectivity index (χ1) is 8.33. The number of aryl methyl sites for hydroxylation is 1. The lowest BCUT2D eigenvalue weighted by Gasteiger charge is -2.32. The molecular formula is C14H21N3. The minimum absolute atomic E-state index is 0.602. The summed E-state index contributed by atoms with van der Waals surface area (Å²) >= 11 is 0. The molecule has 0 aliphatic carbocycles. The smallest absolute Gasteiger partial charge is 0.126 e. The van der Waals surface area contributed by atoms with E-state index in [1.807, 2.05) is 6.20 Å². The lowest BCUT2D eigenvalue weighted by molar-refractivity contribution is 0.192. The second-order valence-corrected chi connectivity index (χ2v) is 5.36. The van der Waals surface area contributed by atoms with Gasteiger partial charge in [-0.2, -0.15) is 0 Å². The van der Waals surface area contributed by atoms with E-state index in [9.17, 15) is 0 Å². The number of piperidine rings is 1. The summed E-state index contributed by atoms with van der Waals surface area (Å²) in [6.45, 7) is 4.63. The number of aromatic nitrogens is 1. The van der Waals surface area contributed by atoms with Crippen molar-refractivity contribution in [2.24, 2.45) is 0 Å². The Morgan fingerprint density at radius 2 is 2.18 bits per heavy atom. The molecule has 2 fully saturated rings. The van der Waals surface area contributed by atoms with Crippen LogP contribution in [0.5, 0.6) is 0 Å². The number of pyridine rings is 1. The molecule has 3 heteroatoms. The van der Waals surface area contributed by atoms with Crippen LogP contribution in [0.2, 0.25) is 0 Å². The molecule has 2 aliphatic heterocycles. The molecule has 17 heavy (non-hydrogen) atoms. The summed E-state index contributed by atoms with van der Waals surface area (Å²) in [5.41, 5.74) is 1.22. The minimum atomic E-state index is 0.602. The van der Waals surface area contributed by atoms with Crippen molar-refractivity contribution in [3.05, 3.63) is 23.9 Å². The maximum Gasteiger partial charge on any atom is 0.126 e. The molecule has 3 rings (SSSR count). The Balaban J connectivity index is 1.67. The second-order valence-electron chi connectivity index (χ2n) is 5.36. The maximum atomic E-state index is 4.45. The molecular weight excluding hydrogens is 210 g/mol. The molecule has 2 aliphatic rings. The molecule has 92 valence electrons. The largest absolute Gasteiger partial charge is 0.366 e. The van der Waals surface area contributed by atoms with Crippen molar-refractivity contribution in [2.75, 3.05) is 18.4 Å². The van der Waals surface area contributed by atoms with E-state index in [-0.39, 0.29) is 0 Å². The van der Waals surface area contributed by atoms with Crippen molar-refractivity contribution in [2.45, 2.75) is 44.7 Å². The third-order valence-electron chi connectivity index (χ3n) is 4.10. The molecule has 2 saturated heterocycles. The van der Waals surface area contributed by atoms with Gasteiger partial charge in [0.2, 0.25) is 0 Å². The first kappa shape index (κ1) is 11.0. The summed E-state index contributed by atoms with van der Waals surface area (Å²) in [4.78, 5) is 7.10. The van der Waals surface area contributed by atoms with E-state index in [4.69, 9.17) is 0 Å². The van der Waals surface area contributed by atoms with Crippen molar-refractivity contribution in [3.8, 4) is 0 Å². The average Bonchev–Trinajstić information content (AvgIpc) is 2.76. The molecule has 0 bridgehead atoms. The fourth-order valence-corrected chi connectivity index (χ4v) is 3.16. The molecule has 1 aromatic rings. The number of hydrogen-bond acceptors (Lipinski definition) is 3. The van der Waals surface area contributed by atoms with Crippen LogP contribution in [0.4, 0.5) is 5.82 Å². The Morgan fingerprint density at radius 3 is 3.00 bits per heavy atom. The molecule has 2 unspecified atom stereocenters. The molecule has 0 saturated carbocycles. The summed E-state index contributed by atoms with van der Waals surface area (Å²) in [5, 5.41) is 3.61. The van der Waals surface area contributed by atoms with Crippen molar-refractivity contribution in [1.82, 2.24) is 9.88 Å². The zero-order valence-corrected chi connectivity index (χ0v) is 10.5. The predicted octanol–water partition coefficient (Wildman–Crippen LogP) is 2.43. The van der Waals surface area contributed by atoms with E-state index >= 15 is 0 Å². The van der Waals surface area contributed by atoms with Gasteiger partial charge >= 0.3 is 0 Å². The number of hydrogen-bond donors (Lipinski definition) is 1. The van der Waals surface area contributed by atoms with Gasteiger partial charge < -0.3 is 5.32 Å². The summed E-state index contributed by atoms with van der Waals surface area (Å²) in [7, 11) is 0. The number of nitrogens with zero attached hydrogens (tertiary/aromatic N) is 2. The predicted molar refractivity (Wildman–Crippen MR) is 70.2 cm³/mol. The van der Waals surface area contributed by atoms with Gasteiger partial charge in [-0.3, -0.25) is 4.90 Å². The topological polar surface area (TPSA) is 28.2 Å². The highest BCUT2D eigenvalue weighted by atomic mass is 15.2. The molecule has 1 N–H and O–H groups in total. The van der Waals surface area contributed by atoms with Crippen molar-refractivity contribution < 1.29 is 0 Å². The quantitative estimate of drug-likeness (QED) is 0.847. The lowest BCUT2D eigenvalue weighted by atomic mass is 9.99. The highest BCUT2D eigenvalue weighted by Gasteiger charge is 2.35. The maximum absolute atomic E-state index is 4.45. The van der Waals surface area contributed by atoms with E-state index in [0.29, 0.717) is 6.04 Å². The van der Waals surface area contributed by atoms with E-state index < -0.39 is 0 Å². The van der Waals surface area contributed by atoms with Gasteiger partial charge in [0.1, 0.15) is 5.82 Å². The minimum Gasteiger partial charge on any atom is -0.366 e. The lowest BCUT2D eigenvalue weighted by Crippen LogP contribution is -2.41. The zero-order chi connectivity index (χ0) is 11.7. The van der Waals surface area contributed by atoms with Crippen molar-refractivity contribution in [3.63, 3.8) is 0 Å². The average molecular weight is 231 g/mol. The van der Waals surface area contributed by atoms with Gasteiger partial charge in [-0.15, -0.1) is 0 Å². The Hall–Kier alpha value is -1.09. The second kappa shape index (κ2) is 4.65. The Kier molecular flexibility index (Phi) is 3.02. The summed E-state index contributed by atoms with van der Waals surface area (Å²) in [5.74, 6) is 1.04. The molecule has 0 radical (unpaired) electrons. The molecule has 0 spiro atoms. The van der Waals surface area contributed by atoms with Crippen LogP contribution >= 0.6 is 0 Å². The van der Waals surface area contributed by atoms with Crippen LogP contribution in [0.25, 0.3) is 0 Å². The van der Waals surface area contributed by atoms with Crippen molar-refractivity contribution in [1.29, 1.82) is 0 Å². The van der Waals surface area contributed by atoms with Crippen LogP contribution in [-0.4, -0.2) is 35.1 Å². The number of rotatable bonds is 2. The summed E-state index contributed by atoms with van der Waals surface area (Å²) in [6, 6.07) is 5.57. The number of anilines is 1. The Bertz CT molecular complexity index is 374. The molecule has 2 atom stereocenters. The van der Waals surface area contributed by atoms with Gasteiger partial charge in [-0.05, 0) is 44.4 Å². The van der Waals surface area contributed by atoms with Gasteiger partial charge in [-0.1, -0.05) is 12.5 Å². The fourth-order valence-electron chi connectivity index (χ4n) is 3.16. The van der Waals surface area contributed by atoms with Gasteiger partial charge in [0.25, 0.3) is 0 Å². The molecule has 3 heterocycles. The standard InChI is InChI=1S/C14H21N3/c1-11-5-6-14(15-10-11)16-12-7-9-17-8-3-2-4-13(12)17/h5-6,10,12-13H,2-4,7-9H2,1H3,(H,15,16).